The molecule has 0 heterocycles. The second-order valence-corrected chi connectivity index (χ2v) is 8.26. The zero-order valence-corrected chi connectivity index (χ0v) is 18.4. The van der Waals surface area contributed by atoms with Gasteiger partial charge in [0.15, 0.2) is 0 Å². The number of nitrogens with one attached hydrogen (secondary N) is 2. The number of rotatable bonds is 8. The van der Waals surface area contributed by atoms with E-state index in [1.54, 1.807) is 42.5 Å². The Morgan fingerprint density at radius 1 is 0.833 bits per heavy atom. The SMILES string of the molecule is O=C(CSCc1c(Cl)cccc1Cl)Nc1ccccc1C(=O)NCc1ccccc1. The number of hydrogen-bond donors (Lipinski definition) is 2. The summed E-state index contributed by atoms with van der Waals surface area (Å²) in [7, 11) is 0. The number of carbonyl (C=O) groups excluding carboxylic acids is 2. The summed E-state index contributed by atoms with van der Waals surface area (Å²) in [5.74, 6) is 0.281. The van der Waals surface area contributed by atoms with E-state index in [2.05, 4.69) is 10.6 Å². The van der Waals surface area contributed by atoms with E-state index < -0.39 is 0 Å². The largest absolute Gasteiger partial charge is 0.348 e. The summed E-state index contributed by atoms with van der Waals surface area (Å²) >= 11 is 13.7. The molecule has 3 aromatic rings. The summed E-state index contributed by atoms with van der Waals surface area (Å²) in [5, 5.41) is 6.86. The minimum Gasteiger partial charge on any atom is -0.348 e. The van der Waals surface area contributed by atoms with E-state index >= 15 is 0 Å². The quantitative estimate of drug-likeness (QED) is 0.448. The van der Waals surface area contributed by atoms with Crippen molar-refractivity contribution in [2.24, 2.45) is 0 Å². The molecule has 0 bridgehead atoms. The van der Waals surface area contributed by atoms with Gasteiger partial charge in [0.1, 0.15) is 0 Å². The highest BCUT2D eigenvalue weighted by Gasteiger charge is 2.13. The lowest BCUT2D eigenvalue weighted by Gasteiger charge is -2.12. The third-order valence-electron chi connectivity index (χ3n) is 4.28. The summed E-state index contributed by atoms with van der Waals surface area (Å²) in [6.45, 7) is 0.413. The van der Waals surface area contributed by atoms with Crippen LogP contribution >= 0.6 is 35.0 Å². The Bertz CT molecular complexity index is 1010. The van der Waals surface area contributed by atoms with Gasteiger partial charge in [-0.3, -0.25) is 9.59 Å². The van der Waals surface area contributed by atoms with Crippen LogP contribution in [0.3, 0.4) is 0 Å². The number of anilines is 1. The molecule has 2 amide bonds. The molecular weight excluding hydrogens is 439 g/mol. The first kappa shape index (κ1) is 22.2. The van der Waals surface area contributed by atoms with E-state index in [4.69, 9.17) is 23.2 Å². The van der Waals surface area contributed by atoms with Gasteiger partial charge >= 0.3 is 0 Å². The number of para-hydroxylation sites is 1. The maximum Gasteiger partial charge on any atom is 0.253 e. The van der Waals surface area contributed by atoms with Gasteiger partial charge in [0.05, 0.1) is 17.0 Å². The highest BCUT2D eigenvalue weighted by molar-refractivity contribution is 7.99. The minimum atomic E-state index is -0.245. The Labute approximate surface area is 190 Å². The van der Waals surface area contributed by atoms with Crippen molar-refractivity contribution in [1.29, 1.82) is 0 Å². The maximum atomic E-state index is 12.6. The van der Waals surface area contributed by atoms with Crippen molar-refractivity contribution in [3.05, 3.63) is 99.5 Å². The van der Waals surface area contributed by atoms with E-state index in [1.165, 1.54) is 11.8 Å². The molecule has 0 spiro atoms. The van der Waals surface area contributed by atoms with Crippen molar-refractivity contribution in [2.45, 2.75) is 12.3 Å². The van der Waals surface area contributed by atoms with Crippen LogP contribution in [0.4, 0.5) is 5.69 Å². The molecule has 154 valence electrons. The number of amides is 2. The molecular formula is C23H20Cl2N2O2S. The van der Waals surface area contributed by atoms with E-state index in [0.29, 0.717) is 33.6 Å². The topological polar surface area (TPSA) is 58.2 Å². The lowest BCUT2D eigenvalue weighted by atomic mass is 10.1. The number of halogens is 2. The predicted molar refractivity (Wildman–Crippen MR) is 125 cm³/mol. The van der Waals surface area contributed by atoms with Gasteiger partial charge in [0.2, 0.25) is 5.91 Å². The van der Waals surface area contributed by atoms with Crippen LogP contribution in [0.1, 0.15) is 21.5 Å². The summed E-state index contributed by atoms with van der Waals surface area (Å²) in [4.78, 5) is 25.0. The third kappa shape index (κ3) is 6.26. The predicted octanol–water partition coefficient (Wildman–Crippen LogP) is 5.80. The summed E-state index contributed by atoms with van der Waals surface area (Å²) < 4.78 is 0. The van der Waals surface area contributed by atoms with Crippen molar-refractivity contribution in [1.82, 2.24) is 5.32 Å². The molecule has 3 aromatic carbocycles. The average Bonchev–Trinajstić information content (AvgIpc) is 2.75. The molecule has 30 heavy (non-hydrogen) atoms. The molecule has 3 rings (SSSR count). The lowest BCUT2D eigenvalue weighted by Crippen LogP contribution is -2.25. The van der Waals surface area contributed by atoms with Crippen LogP contribution in [-0.2, 0) is 17.1 Å². The van der Waals surface area contributed by atoms with Crippen LogP contribution < -0.4 is 10.6 Å². The zero-order valence-electron chi connectivity index (χ0n) is 16.0. The fraction of sp³-hybridized carbons (Fsp3) is 0.130. The van der Waals surface area contributed by atoms with Crippen LogP contribution in [0.5, 0.6) is 0 Å². The first-order valence-electron chi connectivity index (χ1n) is 9.26. The fourth-order valence-electron chi connectivity index (χ4n) is 2.77. The Kier molecular flexibility index (Phi) is 8.20. The van der Waals surface area contributed by atoms with Gasteiger partial charge in [0.25, 0.3) is 5.91 Å². The molecule has 0 aliphatic heterocycles. The molecule has 2 N–H and O–H groups in total. The summed E-state index contributed by atoms with van der Waals surface area (Å²) in [5.41, 5.74) is 2.70. The highest BCUT2D eigenvalue weighted by Crippen LogP contribution is 2.28. The molecule has 0 aliphatic carbocycles. The number of thioether (sulfide) groups is 1. The van der Waals surface area contributed by atoms with Gasteiger partial charge in [0, 0.05) is 22.3 Å². The highest BCUT2D eigenvalue weighted by atomic mass is 35.5. The van der Waals surface area contributed by atoms with Crippen LogP contribution in [0.2, 0.25) is 10.0 Å². The first-order valence-corrected chi connectivity index (χ1v) is 11.2. The maximum absolute atomic E-state index is 12.6. The Morgan fingerprint density at radius 3 is 2.23 bits per heavy atom. The first-order chi connectivity index (χ1) is 14.5. The van der Waals surface area contributed by atoms with Crippen molar-refractivity contribution in [3.63, 3.8) is 0 Å². The van der Waals surface area contributed by atoms with E-state index in [-0.39, 0.29) is 17.6 Å². The van der Waals surface area contributed by atoms with Gasteiger partial charge in [-0.05, 0) is 35.4 Å². The van der Waals surface area contributed by atoms with Crippen LogP contribution in [0.25, 0.3) is 0 Å². The molecule has 0 fully saturated rings. The molecule has 0 atom stereocenters. The summed E-state index contributed by atoms with van der Waals surface area (Å²) in [6, 6.07) is 21.9. The van der Waals surface area contributed by atoms with Crippen LogP contribution in [0.15, 0.2) is 72.8 Å². The molecule has 0 saturated heterocycles. The number of hydrogen-bond acceptors (Lipinski definition) is 3. The smallest absolute Gasteiger partial charge is 0.253 e. The number of benzene rings is 3. The van der Waals surface area contributed by atoms with Gasteiger partial charge < -0.3 is 10.6 Å². The van der Waals surface area contributed by atoms with Crippen molar-refractivity contribution in [3.8, 4) is 0 Å². The second kappa shape index (κ2) is 11.1. The second-order valence-electron chi connectivity index (χ2n) is 6.46. The normalized spacial score (nSPS) is 10.5. The van der Waals surface area contributed by atoms with E-state index in [1.807, 2.05) is 30.3 Å². The Morgan fingerprint density at radius 2 is 1.50 bits per heavy atom. The van der Waals surface area contributed by atoms with E-state index in [0.717, 1.165) is 11.1 Å². The van der Waals surface area contributed by atoms with Crippen LogP contribution in [0, 0.1) is 0 Å². The number of carbonyl (C=O) groups is 2. The van der Waals surface area contributed by atoms with Gasteiger partial charge in [-0.15, -0.1) is 11.8 Å². The molecule has 0 saturated carbocycles. The van der Waals surface area contributed by atoms with E-state index in [9.17, 15) is 9.59 Å². The zero-order chi connectivity index (χ0) is 21.3. The monoisotopic (exact) mass is 458 g/mol. The molecule has 7 heteroatoms. The van der Waals surface area contributed by atoms with Gasteiger partial charge in [-0.2, -0.15) is 0 Å². The van der Waals surface area contributed by atoms with Gasteiger partial charge in [-0.25, -0.2) is 0 Å². The van der Waals surface area contributed by atoms with Crippen LogP contribution in [-0.4, -0.2) is 17.6 Å². The molecule has 0 unspecified atom stereocenters. The molecule has 0 aliphatic rings. The Balaban J connectivity index is 1.56. The Hall–Kier alpha value is -2.47. The van der Waals surface area contributed by atoms with Crippen molar-refractivity contribution in [2.75, 3.05) is 11.1 Å². The standard InChI is InChI=1S/C23H20Cl2N2O2S/c24-19-10-6-11-20(25)18(19)14-30-15-22(28)27-21-12-5-4-9-17(21)23(29)26-13-16-7-2-1-3-8-16/h1-12H,13-15H2,(H,26,29)(H,27,28). The van der Waals surface area contributed by atoms with Crippen molar-refractivity contribution >= 4 is 52.5 Å². The molecule has 4 nitrogen and oxygen atoms in total. The third-order valence-corrected chi connectivity index (χ3v) is 5.95. The lowest BCUT2D eigenvalue weighted by molar-refractivity contribution is -0.113. The average molecular weight is 459 g/mol. The summed E-state index contributed by atoms with van der Waals surface area (Å²) in [6.07, 6.45) is 0. The molecule has 0 radical (unpaired) electrons. The minimum absolute atomic E-state index is 0.202. The van der Waals surface area contributed by atoms with Gasteiger partial charge in [-0.1, -0.05) is 71.7 Å². The molecule has 0 aromatic heterocycles. The fourth-order valence-corrected chi connectivity index (χ4v) is 4.33. The van der Waals surface area contributed by atoms with Crippen molar-refractivity contribution < 1.29 is 9.59 Å².